The molecule has 0 aliphatic heterocycles. The van der Waals surface area contributed by atoms with Gasteiger partial charge in [-0.3, -0.25) is 0 Å². The molecule has 1 aliphatic carbocycles. The first-order valence-electron chi connectivity index (χ1n) is 5.24. The molecule has 1 saturated carbocycles. The van der Waals surface area contributed by atoms with Crippen molar-refractivity contribution in [2.75, 3.05) is 19.0 Å². The average molecular weight is 207 g/mol. The van der Waals surface area contributed by atoms with E-state index in [1.807, 2.05) is 31.1 Å². The zero-order valence-corrected chi connectivity index (χ0v) is 9.23. The van der Waals surface area contributed by atoms with E-state index in [2.05, 4.69) is 4.98 Å². The lowest BCUT2D eigenvalue weighted by molar-refractivity contribution is 0.302. The van der Waals surface area contributed by atoms with Gasteiger partial charge in [0.15, 0.2) is 11.6 Å². The lowest BCUT2D eigenvalue weighted by atomic mass is 10.3. The Hall–Kier alpha value is -1.29. The molecule has 0 saturated heterocycles. The van der Waals surface area contributed by atoms with Gasteiger partial charge in [0.05, 0.1) is 11.8 Å². The van der Waals surface area contributed by atoms with Crippen LogP contribution in [0.4, 0.5) is 5.82 Å². The fourth-order valence-electron chi connectivity index (χ4n) is 1.37. The van der Waals surface area contributed by atoms with Gasteiger partial charge in [-0.2, -0.15) is 0 Å². The Morgan fingerprint density at radius 2 is 2.20 bits per heavy atom. The van der Waals surface area contributed by atoms with Gasteiger partial charge in [0.1, 0.15) is 0 Å². The summed E-state index contributed by atoms with van der Waals surface area (Å²) < 4.78 is 5.77. The van der Waals surface area contributed by atoms with Crippen LogP contribution in [-0.2, 0) is 6.54 Å². The molecule has 0 atom stereocenters. The van der Waals surface area contributed by atoms with Crippen molar-refractivity contribution in [1.82, 2.24) is 4.98 Å². The van der Waals surface area contributed by atoms with Crippen molar-refractivity contribution in [2.45, 2.75) is 25.5 Å². The SMILES string of the molecule is CN(C)c1nc(CN)ccc1OC1CC1. The van der Waals surface area contributed by atoms with Crippen molar-refractivity contribution in [3.63, 3.8) is 0 Å². The summed E-state index contributed by atoms with van der Waals surface area (Å²) in [5.41, 5.74) is 6.45. The zero-order valence-electron chi connectivity index (χ0n) is 9.23. The van der Waals surface area contributed by atoms with E-state index in [4.69, 9.17) is 10.5 Å². The van der Waals surface area contributed by atoms with E-state index in [1.54, 1.807) is 0 Å². The summed E-state index contributed by atoms with van der Waals surface area (Å²) in [6, 6.07) is 3.88. The van der Waals surface area contributed by atoms with E-state index in [0.29, 0.717) is 12.6 Å². The summed E-state index contributed by atoms with van der Waals surface area (Å²) in [4.78, 5) is 6.40. The highest BCUT2D eigenvalue weighted by molar-refractivity contribution is 5.52. The Morgan fingerprint density at radius 3 is 2.73 bits per heavy atom. The third-order valence-corrected chi connectivity index (χ3v) is 2.35. The van der Waals surface area contributed by atoms with Gasteiger partial charge in [-0.1, -0.05) is 0 Å². The molecule has 1 fully saturated rings. The van der Waals surface area contributed by atoms with Gasteiger partial charge >= 0.3 is 0 Å². The molecule has 0 aromatic carbocycles. The molecule has 0 spiro atoms. The highest BCUT2D eigenvalue weighted by Gasteiger charge is 2.25. The van der Waals surface area contributed by atoms with Crippen molar-refractivity contribution in [2.24, 2.45) is 5.73 Å². The first-order valence-corrected chi connectivity index (χ1v) is 5.24. The molecule has 1 aliphatic rings. The van der Waals surface area contributed by atoms with Gasteiger partial charge in [-0.15, -0.1) is 0 Å². The summed E-state index contributed by atoms with van der Waals surface area (Å²) in [7, 11) is 3.92. The number of hydrogen-bond donors (Lipinski definition) is 1. The van der Waals surface area contributed by atoms with Gasteiger partial charge in [-0.25, -0.2) is 4.98 Å². The van der Waals surface area contributed by atoms with Gasteiger partial charge in [0.25, 0.3) is 0 Å². The molecule has 1 heterocycles. The van der Waals surface area contributed by atoms with Crippen LogP contribution < -0.4 is 15.4 Å². The Morgan fingerprint density at radius 1 is 1.47 bits per heavy atom. The van der Waals surface area contributed by atoms with Crippen molar-refractivity contribution in [1.29, 1.82) is 0 Å². The lowest BCUT2D eigenvalue weighted by Crippen LogP contribution is -2.15. The number of pyridine rings is 1. The summed E-state index contributed by atoms with van der Waals surface area (Å²) in [6.45, 7) is 0.463. The maximum absolute atomic E-state index is 5.77. The zero-order chi connectivity index (χ0) is 10.8. The standard InChI is InChI=1S/C11H17N3O/c1-14(2)11-10(15-9-4-5-9)6-3-8(7-12)13-11/h3,6,9H,4-5,7,12H2,1-2H3. The third-order valence-electron chi connectivity index (χ3n) is 2.35. The smallest absolute Gasteiger partial charge is 0.171 e. The van der Waals surface area contributed by atoms with Gasteiger partial charge < -0.3 is 15.4 Å². The molecule has 4 heteroatoms. The highest BCUT2D eigenvalue weighted by atomic mass is 16.5. The topological polar surface area (TPSA) is 51.4 Å². The predicted molar refractivity (Wildman–Crippen MR) is 60.1 cm³/mol. The second-order valence-electron chi connectivity index (χ2n) is 4.04. The minimum Gasteiger partial charge on any atom is -0.487 e. The Labute approximate surface area is 90.0 Å². The van der Waals surface area contributed by atoms with Crippen LogP contribution in [-0.4, -0.2) is 25.2 Å². The molecule has 0 amide bonds. The quantitative estimate of drug-likeness (QED) is 0.804. The molecule has 2 rings (SSSR count). The van der Waals surface area contributed by atoms with Crippen LogP contribution in [0.5, 0.6) is 5.75 Å². The third kappa shape index (κ3) is 2.39. The minimum atomic E-state index is 0.397. The monoisotopic (exact) mass is 207 g/mol. The van der Waals surface area contributed by atoms with E-state index in [9.17, 15) is 0 Å². The fourth-order valence-corrected chi connectivity index (χ4v) is 1.37. The number of anilines is 1. The molecular formula is C11H17N3O. The van der Waals surface area contributed by atoms with Gasteiger partial charge in [-0.05, 0) is 25.0 Å². The second kappa shape index (κ2) is 4.06. The lowest BCUT2D eigenvalue weighted by Gasteiger charge is -2.17. The van der Waals surface area contributed by atoms with Gasteiger partial charge in [0, 0.05) is 20.6 Å². The molecule has 0 unspecified atom stereocenters. The van der Waals surface area contributed by atoms with E-state index < -0.39 is 0 Å². The number of rotatable bonds is 4. The molecule has 2 N–H and O–H groups in total. The minimum absolute atomic E-state index is 0.397. The van der Waals surface area contributed by atoms with Crippen LogP contribution in [0.1, 0.15) is 18.5 Å². The molecule has 0 bridgehead atoms. The van der Waals surface area contributed by atoms with Crippen molar-refractivity contribution >= 4 is 5.82 Å². The van der Waals surface area contributed by atoms with Crippen molar-refractivity contribution < 1.29 is 4.74 Å². The molecule has 15 heavy (non-hydrogen) atoms. The van der Waals surface area contributed by atoms with Crippen LogP contribution in [0.25, 0.3) is 0 Å². The Balaban J connectivity index is 2.25. The van der Waals surface area contributed by atoms with E-state index in [0.717, 1.165) is 30.1 Å². The number of aromatic nitrogens is 1. The fraction of sp³-hybridized carbons (Fsp3) is 0.545. The van der Waals surface area contributed by atoms with Crippen LogP contribution in [0.2, 0.25) is 0 Å². The van der Waals surface area contributed by atoms with E-state index >= 15 is 0 Å². The largest absolute Gasteiger partial charge is 0.487 e. The van der Waals surface area contributed by atoms with E-state index in [-0.39, 0.29) is 0 Å². The molecule has 82 valence electrons. The van der Waals surface area contributed by atoms with Crippen LogP contribution in [0, 0.1) is 0 Å². The number of nitrogens with zero attached hydrogens (tertiary/aromatic N) is 2. The van der Waals surface area contributed by atoms with Gasteiger partial charge in [0.2, 0.25) is 0 Å². The van der Waals surface area contributed by atoms with Crippen molar-refractivity contribution in [3.8, 4) is 5.75 Å². The average Bonchev–Trinajstić information content (AvgIpc) is 3.02. The Kier molecular flexibility index (Phi) is 2.77. The highest BCUT2D eigenvalue weighted by Crippen LogP contribution is 2.32. The normalized spacial score (nSPS) is 15.1. The molecule has 1 aromatic rings. The van der Waals surface area contributed by atoms with Crippen LogP contribution in [0.3, 0.4) is 0 Å². The van der Waals surface area contributed by atoms with Crippen LogP contribution >= 0.6 is 0 Å². The number of ether oxygens (including phenoxy) is 1. The maximum atomic E-state index is 5.77. The Bertz CT molecular complexity index is 348. The second-order valence-corrected chi connectivity index (χ2v) is 4.04. The molecule has 0 radical (unpaired) electrons. The van der Waals surface area contributed by atoms with Crippen LogP contribution in [0.15, 0.2) is 12.1 Å². The van der Waals surface area contributed by atoms with E-state index in [1.165, 1.54) is 0 Å². The summed E-state index contributed by atoms with van der Waals surface area (Å²) >= 11 is 0. The first kappa shape index (κ1) is 10.2. The predicted octanol–water partition coefficient (Wildman–Crippen LogP) is 1.15. The first-order chi connectivity index (χ1) is 7.20. The van der Waals surface area contributed by atoms with Crippen molar-refractivity contribution in [3.05, 3.63) is 17.8 Å². The molecule has 4 nitrogen and oxygen atoms in total. The summed E-state index contributed by atoms with van der Waals surface area (Å²) in [6.07, 6.45) is 2.71. The molecule has 1 aromatic heterocycles. The molecular weight excluding hydrogens is 190 g/mol. The number of nitrogens with two attached hydrogens (primary N) is 1. The maximum Gasteiger partial charge on any atom is 0.171 e. The number of hydrogen-bond acceptors (Lipinski definition) is 4. The summed E-state index contributed by atoms with van der Waals surface area (Å²) in [5.74, 6) is 1.73. The summed E-state index contributed by atoms with van der Waals surface area (Å²) in [5, 5.41) is 0.